The van der Waals surface area contributed by atoms with E-state index >= 15 is 0 Å². The molecule has 4 rings (SSSR count). The van der Waals surface area contributed by atoms with Gasteiger partial charge in [-0.25, -0.2) is 4.98 Å². The van der Waals surface area contributed by atoms with E-state index < -0.39 is 0 Å². The summed E-state index contributed by atoms with van der Waals surface area (Å²) in [6, 6.07) is 11.6. The predicted molar refractivity (Wildman–Crippen MR) is 96.2 cm³/mol. The second-order valence-electron chi connectivity index (χ2n) is 5.97. The highest BCUT2D eigenvalue weighted by atomic mass is 35.5. The molecule has 3 nitrogen and oxygen atoms in total. The van der Waals surface area contributed by atoms with Crippen LogP contribution in [0.5, 0.6) is 5.75 Å². The third-order valence-corrected chi connectivity index (χ3v) is 5.53. The number of hydrogen-bond acceptors (Lipinski definition) is 4. The summed E-state index contributed by atoms with van der Waals surface area (Å²) in [5.41, 5.74) is 3.04. The van der Waals surface area contributed by atoms with Crippen LogP contribution in [0.4, 0.5) is 0 Å². The third-order valence-electron chi connectivity index (χ3n) is 4.25. The molecular formula is C18H17ClN2OS. The monoisotopic (exact) mass is 344 g/mol. The van der Waals surface area contributed by atoms with E-state index in [2.05, 4.69) is 28.1 Å². The molecule has 118 valence electrons. The van der Waals surface area contributed by atoms with Crippen molar-refractivity contribution in [3.05, 3.63) is 47.0 Å². The highest BCUT2D eigenvalue weighted by molar-refractivity contribution is 7.21. The lowest BCUT2D eigenvalue weighted by atomic mass is 10.2. The number of hydrogen-bond donors (Lipinski definition) is 1. The van der Waals surface area contributed by atoms with Gasteiger partial charge in [0, 0.05) is 11.6 Å². The SMILES string of the molecule is Oc1cc(Cl)ccc1-c1nc2ccc(CN3CCCC3)cc2s1. The molecule has 0 spiro atoms. The molecule has 3 aromatic rings. The van der Waals surface area contributed by atoms with Gasteiger partial charge in [0.05, 0.1) is 15.8 Å². The maximum absolute atomic E-state index is 10.1. The second kappa shape index (κ2) is 6.11. The number of aromatic nitrogens is 1. The summed E-state index contributed by atoms with van der Waals surface area (Å²) in [6.45, 7) is 3.41. The summed E-state index contributed by atoms with van der Waals surface area (Å²) < 4.78 is 1.16. The first kappa shape index (κ1) is 14.9. The number of phenols is 1. The van der Waals surface area contributed by atoms with Gasteiger partial charge in [0.2, 0.25) is 0 Å². The zero-order valence-electron chi connectivity index (χ0n) is 12.6. The minimum Gasteiger partial charge on any atom is -0.507 e. The molecule has 1 aliphatic rings. The Balaban J connectivity index is 1.67. The summed E-state index contributed by atoms with van der Waals surface area (Å²) in [5, 5.41) is 11.4. The van der Waals surface area contributed by atoms with Gasteiger partial charge in [-0.2, -0.15) is 0 Å². The Bertz CT molecular complexity index is 855. The lowest BCUT2D eigenvalue weighted by Crippen LogP contribution is -2.18. The molecule has 1 aromatic heterocycles. The lowest BCUT2D eigenvalue weighted by molar-refractivity contribution is 0.331. The summed E-state index contributed by atoms with van der Waals surface area (Å²) in [7, 11) is 0. The van der Waals surface area contributed by atoms with Crippen LogP contribution in [0.2, 0.25) is 5.02 Å². The van der Waals surface area contributed by atoms with E-state index in [0.717, 1.165) is 27.3 Å². The van der Waals surface area contributed by atoms with Crippen LogP contribution in [0.1, 0.15) is 18.4 Å². The topological polar surface area (TPSA) is 36.4 Å². The molecule has 1 N–H and O–H groups in total. The van der Waals surface area contributed by atoms with E-state index in [1.807, 2.05) is 6.07 Å². The molecule has 0 unspecified atom stereocenters. The Hall–Kier alpha value is -1.62. The molecule has 1 saturated heterocycles. The van der Waals surface area contributed by atoms with E-state index in [4.69, 9.17) is 11.6 Å². The molecule has 0 atom stereocenters. The maximum atomic E-state index is 10.1. The van der Waals surface area contributed by atoms with Gasteiger partial charge in [-0.3, -0.25) is 4.90 Å². The number of aromatic hydroxyl groups is 1. The Kier molecular flexibility index (Phi) is 3.97. The van der Waals surface area contributed by atoms with Gasteiger partial charge in [-0.1, -0.05) is 17.7 Å². The van der Waals surface area contributed by atoms with Crippen molar-refractivity contribution in [2.45, 2.75) is 19.4 Å². The molecule has 0 amide bonds. The average molecular weight is 345 g/mol. The number of rotatable bonds is 3. The van der Waals surface area contributed by atoms with E-state index in [1.54, 1.807) is 23.5 Å². The standard InChI is InChI=1S/C18H17ClN2OS/c19-13-4-5-14(16(22)10-13)18-20-15-6-3-12(9-17(15)23-18)11-21-7-1-2-8-21/h3-6,9-10,22H,1-2,7-8,11H2. The Morgan fingerprint density at radius 2 is 1.96 bits per heavy atom. The first-order valence-corrected chi connectivity index (χ1v) is 8.99. The smallest absolute Gasteiger partial charge is 0.128 e. The van der Waals surface area contributed by atoms with E-state index in [9.17, 15) is 5.11 Å². The van der Waals surface area contributed by atoms with Crippen LogP contribution in [0.3, 0.4) is 0 Å². The predicted octanol–water partition coefficient (Wildman–Crippen LogP) is 4.92. The Morgan fingerprint density at radius 3 is 2.74 bits per heavy atom. The highest BCUT2D eigenvalue weighted by Crippen LogP contribution is 2.36. The molecule has 1 aliphatic heterocycles. The third kappa shape index (κ3) is 3.07. The number of phenolic OH excluding ortho intramolecular Hbond substituents is 1. The molecule has 2 heterocycles. The van der Waals surface area contributed by atoms with E-state index in [0.29, 0.717) is 5.02 Å². The lowest BCUT2D eigenvalue weighted by Gasteiger charge is -2.14. The molecule has 5 heteroatoms. The molecule has 0 bridgehead atoms. The molecule has 1 fully saturated rings. The molecule has 23 heavy (non-hydrogen) atoms. The van der Waals surface area contributed by atoms with Crippen LogP contribution in [0.25, 0.3) is 20.8 Å². The molecule has 0 radical (unpaired) electrons. The van der Waals surface area contributed by atoms with Gasteiger partial charge in [0.1, 0.15) is 10.8 Å². The van der Waals surface area contributed by atoms with Gasteiger partial charge in [0.25, 0.3) is 0 Å². The summed E-state index contributed by atoms with van der Waals surface area (Å²) in [5.74, 6) is 0.175. The van der Waals surface area contributed by atoms with Crippen molar-refractivity contribution in [3.8, 4) is 16.3 Å². The number of benzene rings is 2. The highest BCUT2D eigenvalue weighted by Gasteiger charge is 2.14. The summed E-state index contributed by atoms with van der Waals surface area (Å²) >= 11 is 7.51. The largest absolute Gasteiger partial charge is 0.507 e. The maximum Gasteiger partial charge on any atom is 0.128 e. The van der Waals surface area contributed by atoms with Crippen molar-refractivity contribution in [1.29, 1.82) is 0 Å². The molecule has 0 saturated carbocycles. The summed E-state index contributed by atoms with van der Waals surface area (Å²) in [4.78, 5) is 7.14. The first-order valence-electron chi connectivity index (χ1n) is 7.80. The van der Waals surface area contributed by atoms with Crippen molar-refractivity contribution in [2.75, 3.05) is 13.1 Å². The van der Waals surface area contributed by atoms with Gasteiger partial charge in [0.15, 0.2) is 0 Å². The fourth-order valence-electron chi connectivity index (χ4n) is 3.07. The Morgan fingerprint density at radius 1 is 1.13 bits per heavy atom. The number of halogens is 1. The number of fused-ring (bicyclic) bond motifs is 1. The van der Waals surface area contributed by atoms with Crippen LogP contribution in [-0.2, 0) is 6.54 Å². The minimum absolute atomic E-state index is 0.175. The van der Waals surface area contributed by atoms with Crippen molar-refractivity contribution in [2.24, 2.45) is 0 Å². The average Bonchev–Trinajstić information content (AvgIpc) is 3.16. The van der Waals surface area contributed by atoms with Gasteiger partial charge >= 0.3 is 0 Å². The normalized spacial score (nSPS) is 15.5. The number of likely N-dealkylation sites (tertiary alicyclic amines) is 1. The van der Waals surface area contributed by atoms with Crippen molar-refractivity contribution in [3.63, 3.8) is 0 Å². The zero-order chi connectivity index (χ0) is 15.8. The van der Waals surface area contributed by atoms with Crippen molar-refractivity contribution >= 4 is 33.2 Å². The zero-order valence-corrected chi connectivity index (χ0v) is 14.2. The van der Waals surface area contributed by atoms with Crippen molar-refractivity contribution in [1.82, 2.24) is 9.88 Å². The van der Waals surface area contributed by atoms with Crippen LogP contribution >= 0.6 is 22.9 Å². The van der Waals surface area contributed by atoms with E-state index in [-0.39, 0.29) is 5.75 Å². The fraction of sp³-hybridized carbons (Fsp3) is 0.278. The number of thiazole rings is 1. The van der Waals surface area contributed by atoms with Gasteiger partial charge in [-0.15, -0.1) is 11.3 Å². The van der Waals surface area contributed by atoms with Crippen LogP contribution < -0.4 is 0 Å². The van der Waals surface area contributed by atoms with Gasteiger partial charge in [-0.05, 0) is 61.8 Å². The van der Waals surface area contributed by atoms with Crippen LogP contribution in [0, 0.1) is 0 Å². The summed E-state index contributed by atoms with van der Waals surface area (Å²) in [6.07, 6.45) is 2.62. The van der Waals surface area contributed by atoms with Crippen LogP contribution in [-0.4, -0.2) is 28.1 Å². The quantitative estimate of drug-likeness (QED) is 0.732. The molecular weight excluding hydrogens is 328 g/mol. The van der Waals surface area contributed by atoms with E-state index in [1.165, 1.54) is 31.5 Å². The number of nitrogens with zero attached hydrogens (tertiary/aromatic N) is 2. The first-order chi connectivity index (χ1) is 11.2. The Labute approximate surface area is 144 Å². The fourth-order valence-corrected chi connectivity index (χ4v) is 4.30. The molecule has 0 aliphatic carbocycles. The van der Waals surface area contributed by atoms with Gasteiger partial charge < -0.3 is 5.11 Å². The van der Waals surface area contributed by atoms with Crippen molar-refractivity contribution < 1.29 is 5.11 Å². The minimum atomic E-state index is 0.175. The second-order valence-corrected chi connectivity index (χ2v) is 7.43. The van der Waals surface area contributed by atoms with Crippen LogP contribution in [0.15, 0.2) is 36.4 Å². The molecule has 2 aromatic carbocycles.